The summed E-state index contributed by atoms with van der Waals surface area (Å²) >= 11 is 0. The molecule has 0 saturated heterocycles. The van der Waals surface area contributed by atoms with Gasteiger partial charge in [-0.2, -0.15) is 0 Å². The zero-order valence-corrected chi connectivity index (χ0v) is 13.8. The number of carbonyl (C=O) groups excluding carboxylic acids is 2. The van der Waals surface area contributed by atoms with Crippen LogP contribution in [-0.4, -0.2) is 16.8 Å². The summed E-state index contributed by atoms with van der Waals surface area (Å²) in [6, 6.07) is 5.35. The Kier molecular flexibility index (Phi) is 5.16. The molecule has 0 aliphatic carbocycles. The molecular formula is C17H21N3O3. The number of carbonyl (C=O) groups is 2. The molecule has 0 fully saturated rings. The van der Waals surface area contributed by atoms with Gasteiger partial charge in [-0.05, 0) is 24.6 Å². The monoisotopic (exact) mass is 315 g/mol. The summed E-state index contributed by atoms with van der Waals surface area (Å²) in [5.41, 5.74) is 2.47. The first-order valence-corrected chi connectivity index (χ1v) is 7.57. The van der Waals surface area contributed by atoms with Gasteiger partial charge in [-0.15, -0.1) is 0 Å². The van der Waals surface area contributed by atoms with Gasteiger partial charge in [-0.3, -0.25) is 9.59 Å². The van der Waals surface area contributed by atoms with E-state index in [1.54, 1.807) is 19.1 Å². The van der Waals surface area contributed by atoms with Gasteiger partial charge in [0.1, 0.15) is 5.76 Å². The van der Waals surface area contributed by atoms with Crippen LogP contribution in [0.1, 0.15) is 54.9 Å². The van der Waals surface area contributed by atoms with Crippen LogP contribution in [0.5, 0.6) is 0 Å². The minimum atomic E-state index is -0.334. The van der Waals surface area contributed by atoms with Gasteiger partial charge in [0, 0.05) is 23.7 Å². The van der Waals surface area contributed by atoms with Crippen LogP contribution >= 0.6 is 0 Å². The molecule has 6 nitrogen and oxygen atoms in total. The molecule has 23 heavy (non-hydrogen) atoms. The van der Waals surface area contributed by atoms with E-state index in [-0.39, 0.29) is 23.4 Å². The quantitative estimate of drug-likeness (QED) is 0.881. The van der Waals surface area contributed by atoms with Gasteiger partial charge in [0.25, 0.3) is 5.91 Å². The highest BCUT2D eigenvalue weighted by molar-refractivity contribution is 6.04. The summed E-state index contributed by atoms with van der Waals surface area (Å²) in [6.07, 6.45) is 1.67. The number of aryl methyl sites for hydroxylation is 1. The fraction of sp³-hybridized carbons (Fsp3) is 0.353. The van der Waals surface area contributed by atoms with Crippen LogP contribution < -0.4 is 10.6 Å². The zero-order valence-electron chi connectivity index (χ0n) is 13.8. The van der Waals surface area contributed by atoms with E-state index in [4.69, 9.17) is 4.42 Å². The van der Waals surface area contributed by atoms with Crippen molar-refractivity contribution in [3.05, 3.63) is 41.6 Å². The molecule has 0 atom stereocenters. The minimum Gasteiger partial charge on any atom is -0.447 e. The molecule has 122 valence electrons. The van der Waals surface area contributed by atoms with Gasteiger partial charge in [0.05, 0.1) is 0 Å². The standard InChI is InChI=1S/C17H21N3O3/c1-5-14(21)20-13-8-12(7-6-11(13)4)19-17(22)15-16(10(2)3)23-9-18-15/h6-10H,5H2,1-4H3,(H,19,22)(H,20,21). The summed E-state index contributed by atoms with van der Waals surface area (Å²) in [5, 5.41) is 5.60. The first-order valence-electron chi connectivity index (χ1n) is 7.57. The summed E-state index contributed by atoms with van der Waals surface area (Å²) < 4.78 is 5.27. The normalized spacial score (nSPS) is 10.7. The van der Waals surface area contributed by atoms with E-state index in [1.807, 2.05) is 26.8 Å². The lowest BCUT2D eigenvalue weighted by molar-refractivity contribution is -0.115. The second kappa shape index (κ2) is 7.09. The Morgan fingerprint density at radius 1 is 1.26 bits per heavy atom. The fourth-order valence-electron chi connectivity index (χ4n) is 2.10. The number of aromatic nitrogens is 1. The third-order valence-electron chi connectivity index (χ3n) is 3.42. The maximum Gasteiger partial charge on any atom is 0.277 e. The van der Waals surface area contributed by atoms with Crippen LogP contribution in [0.3, 0.4) is 0 Å². The lowest BCUT2D eigenvalue weighted by atomic mass is 10.1. The van der Waals surface area contributed by atoms with Gasteiger partial charge in [0.15, 0.2) is 12.1 Å². The lowest BCUT2D eigenvalue weighted by Gasteiger charge is -2.11. The Morgan fingerprint density at radius 3 is 2.65 bits per heavy atom. The van der Waals surface area contributed by atoms with Crippen molar-refractivity contribution in [2.45, 2.75) is 40.0 Å². The number of rotatable bonds is 5. The van der Waals surface area contributed by atoms with Crippen molar-refractivity contribution in [2.24, 2.45) is 0 Å². The average Bonchev–Trinajstić information content (AvgIpc) is 3.00. The van der Waals surface area contributed by atoms with Gasteiger partial charge in [-0.1, -0.05) is 26.8 Å². The number of oxazole rings is 1. The predicted molar refractivity (Wildman–Crippen MR) is 88.6 cm³/mol. The lowest BCUT2D eigenvalue weighted by Crippen LogP contribution is -2.15. The summed E-state index contributed by atoms with van der Waals surface area (Å²) in [6.45, 7) is 7.54. The second-order valence-electron chi connectivity index (χ2n) is 5.61. The van der Waals surface area contributed by atoms with Crippen LogP contribution in [0.15, 0.2) is 29.0 Å². The van der Waals surface area contributed by atoms with E-state index in [2.05, 4.69) is 15.6 Å². The minimum absolute atomic E-state index is 0.0654. The van der Waals surface area contributed by atoms with E-state index in [0.29, 0.717) is 23.6 Å². The van der Waals surface area contributed by atoms with Crippen LogP contribution in [0.25, 0.3) is 0 Å². The number of benzene rings is 1. The van der Waals surface area contributed by atoms with Gasteiger partial charge >= 0.3 is 0 Å². The fourth-order valence-corrected chi connectivity index (χ4v) is 2.10. The molecule has 0 bridgehead atoms. The predicted octanol–water partition coefficient (Wildman–Crippen LogP) is 3.71. The molecule has 2 amide bonds. The third kappa shape index (κ3) is 3.97. The molecule has 1 heterocycles. The van der Waals surface area contributed by atoms with E-state index in [9.17, 15) is 9.59 Å². The van der Waals surface area contributed by atoms with E-state index in [0.717, 1.165) is 5.56 Å². The van der Waals surface area contributed by atoms with Gasteiger partial charge in [-0.25, -0.2) is 4.98 Å². The maximum atomic E-state index is 12.4. The van der Waals surface area contributed by atoms with Crippen molar-refractivity contribution in [3.63, 3.8) is 0 Å². The molecule has 0 radical (unpaired) electrons. The smallest absolute Gasteiger partial charge is 0.277 e. The van der Waals surface area contributed by atoms with Crippen LogP contribution in [0.4, 0.5) is 11.4 Å². The number of nitrogens with zero attached hydrogens (tertiary/aromatic N) is 1. The molecule has 0 saturated carbocycles. The third-order valence-corrected chi connectivity index (χ3v) is 3.42. The molecule has 1 aromatic heterocycles. The first kappa shape index (κ1) is 16.7. The molecule has 2 aromatic rings. The van der Waals surface area contributed by atoms with Crippen molar-refractivity contribution in [3.8, 4) is 0 Å². The highest BCUT2D eigenvalue weighted by Gasteiger charge is 2.19. The molecule has 1 aromatic carbocycles. The molecule has 2 rings (SSSR count). The number of hydrogen-bond acceptors (Lipinski definition) is 4. The molecule has 0 unspecified atom stereocenters. The van der Waals surface area contributed by atoms with E-state index < -0.39 is 0 Å². The largest absolute Gasteiger partial charge is 0.447 e. The highest BCUT2D eigenvalue weighted by Crippen LogP contribution is 2.23. The Morgan fingerprint density at radius 2 is 2.00 bits per heavy atom. The SMILES string of the molecule is CCC(=O)Nc1cc(NC(=O)c2ncoc2C(C)C)ccc1C. The van der Waals surface area contributed by atoms with Crippen molar-refractivity contribution >= 4 is 23.2 Å². The van der Waals surface area contributed by atoms with Crippen molar-refractivity contribution < 1.29 is 14.0 Å². The Bertz CT molecular complexity index is 720. The average molecular weight is 315 g/mol. The number of anilines is 2. The van der Waals surface area contributed by atoms with Gasteiger partial charge < -0.3 is 15.1 Å². The Balaban J connectivity index is 2.19. The summed E-state index contributed by atoms with van der Waals surface area (Å²) in [4.78, 5) is 27.9. The van der Waals surface area contributed by atoms with Crippen molar-refractivity contribution in [1.82, 2.24) is 4.98 Å². The van der Waals surface area contributed by atoms with Crippen molar-refractivity contribution in [1.29, 1.82) is 0 Å². The topological polar surface area (TPSA) is 84.2 Å². The first-order chi connectivity index (χ1) is 10.9. The van der Waals surface area contributed by atoms with Crippen molar-refractivity contribution in [2.75, 3.05) is 10.6 Å². The highest BCUT2D eigenvalue weighted by atomic mass is 16.3. The summed E-state index contributed by atoms with van der Waals surface area (Å²) in [5.74, 6) is 0.207. The summed E-state index contributed by atoms with van der Waals surface area (Å²) in [7, 11) is 0. The van der Waals surface area contributed by atoms with Crippen LogP contribution in [-0.2, 0) is 4.79 Å². The van der Waals surface area contributed by atoms with Gasteiger partial charge in [0.2, 0.25) is 5.91 Å². The number of amides is 2. The molecule has 0 aliphatic rings. The van der Waals surface area contributed by atoms with Crippen LogP contribution in [0.2, 0.25) is 0 Å². The molecule has 0 aliphatic heterocycles. The number of hydrogen-bond donors (Lipinski definition) is 2. The molecule has 2 N–H and O–H groups in total. The van der Waals surface area contributed by atoms with E-state index >= 15 is 0 Å². The Labute approximate surface area is 135 Å². The molecule has 0 spiro atoms. The molecule has 6 heteroatoms. The maximum absolute atomic E-state index is 12.4. The van der Waals surface area contributed by atoms with Crippen LogP contribution in [0, 0.1) is 6.92 Å². The Hall–Kier alpha value is -2.63. The molecular weight excluding hydrogens is 294 g/mol. The zero-order chi connectivity index (χ0) is 17.0. The second-order valence-corrected chi connectivity index (χ2v) is 5.61. The number of nitrogens with one attached hydrogen (secondary N) is 2. The van der Waals surface area contributed by atoms with E-state index in [1.165, 1.54) is 6.39 Å².